The molecule has 3 fully saturated rings. The molecule has 0 spiro atoms. The molecule has 3 aliphatic heterocycles. The highest BCUT2D eigenvalue weighted by atomic mass is 16.2. The maximum absolute atomic E-state index is 12.4. The molecule has 5 nitrogen and oxygen atoms in total. The van der Waals surface area contributed by atoms with Crippen LogP contribution in [0, 0.1) is 5.92 Å². The van der Waals surface area contributed by atoms with Gasteiger partial charge in [0, 0.05) is 38.0 Å². The van der Waals surface area contributed by atoms with Crippen molar-refractivity contribution in [2.45, 2.75) is 38.1 Å². The molecule has 2 unspecified atom stereocenters. The van der Waals surface area contributed by atoms with Crippen molar-refractivity contribution in [1.29, 1.82) is 0 Å². The number of likely N-dealkylation sites (tertiary alicyclic amines) is 2. The van der Waals surface area contributed by atoms with Gasteiger partial charge in [-0.3, -0.25) is 14.5 Å². The van der Waals surface area contributed by atoms with E-state index in [1.165, 1.54) is 25.9 Å². The molecule has 19 heavy (non-hydrogen) atoms. The molecular formula is C14H23N3O2. The Kier molecular flexibility index (Phi) is 3.73. The molecule has 3 saturated heterocycles. The van der Waals surface area contributed by atoms with Crippen LogP contribution in [0.1, 0.15) is 32.1 Å². The first kappa shape index (κ1) is 12.9. The van der Waals surface area contributed by atoms with Crippen LogP contribution in [0.25, 0.3) is 0 Å². The van der Waals surface area contributed by atoms with E-state index in [-0.39, 0.29) is 17.7 Å². The Balaban J connectivity index is 1.54. The SMILES string of the molecule is O=C1CC(C(=O)N2CCC(N3CCCC3)C2)CCN1. The zero-order valence-corrected chi connectivity index (χ0v) is 11.4. The predicted molar refractivity (Wildman–Crippen MR) is 71.5 cm³/mol. The third-order valence-electron chi connectivity index (χ3n) is 4.73. The Hall–Kier alpha value is -1.10. The average molecular weight is 265 g/mol. The summed E-state index contributed by atoms with van der Waals surface area (Å²) in [5, 5.41) is 2.79. The highest BCUT2D eigenvalue weighted by Crippen LogP contribution is 2.24. The van der Waals surface area contributed by atoms with Crippen LogP contribution in [0.3, 0.4) is 0 Å². The van der Waals surface area contributed by atoms with E-state index in [0.29, 0.717) is 19.0 Å². The average Bonchev–Trinajstić information content (AvgIpc) is 3.08. The van der Waals surface area contributed by atoms with Gasteiger partial charge < -0.3 is 10.2 Å². The lowest BCUT2D eigenvalue weighted by Crippen LogP contribution is -2.43. The largest absolute Gasteiger partial charge is 0.356 e. The minimum absolute atomic E-state index is 0.0277. The summed E-state index contributed by atoms with van der Waals surface area (Å²) in [4.78, 5) is 28.3. The van der Waals surface area contributed by atoms with Crippen LogP contribution in [0.2, 0.25) is 0 Å². The van der Waals surface area contributed by atoms with Crippen molar-refractivity contribution < 1.29 is 9.59 Å². The highest BCUT2D eigenvalue weighted by molar-refractivity contribution is 5.87. The van der Waals surface area contributed by atoms with E-state index in [4.69, 9.17) is 0 Å². The summed E-state index contributed by atoms with van der Waals surface area (Å²) in [6, 6.07) is 0.559. The predicted octanol–water partition coefficient (Wildman–Crippen LogP) is 0.209. The molecular weight excluding hydrogens is 242 g/mol. The van der Waals surface area contributed by atoms with Crippen LogP contribution < -0.4 is 5.32 Å². The summed E-state index contributed by atoms with van der Waals surface area (Å²) >= 11 is 0. The zero-order valence-electron chi connectivity index (χ0n) is 11.4. The van der Waals surface area contributed by atoms with Gasteiger partial charge in [0.25, 0.3) is 0 Å². The Morgan fingerprint density at radius 2 is 1.95 bits per heavy atom. The van der Waals surface area contributed by atoms with Crippen LogP contribution in [-0.2, 0) is 9.59 Å². The molecule has 1 N–H and O–H groups in total. The van der Waals surface area contributed by atoms with Crippen molar-refractivity contribution in [3.05, 3.63) is 0 Å². The van der Waals surface area contributed by atoms with Crippen LogP contribution in [0.4, 0.5) is 0 Å². The fourth-order valence-corrected chi connectivity index (χ4v) is 3.60. The first-order valence-electron chi connectivity index (χ1n) is 7.53. The van der Waals surface area contributed by atoms with E-state index in [9.17, 15) is 9.59 Å². The Labute approximate surface area is 114 Å². The van der Waals surface area contributed by atoms with Gasteiger partial charge in [0.1, 0.15) is 0 Å². The van der Waals surface area contributed by atoms with Gasteiger partial charge in [-0.1, -0.05) is 0 Å². The van der Waals surface area contributed by atoms with Gasteiger partial charge >= 0.3 is 0 Å². The van der Waals surface area contributed by atoms with Crippen LogP contribution in [0.15, 0.2) is 0 Å². The maximum Gasteiger partial charge on any atom is 0.226 e. The Morgan fingerprint density at radius 1 is 1.16 bits per heavy atom. The molecule has 0 aromatic rings. The van der Waals surface area contributed by atoms with Crippen LogP contribution in [-0.4, -0.2) is 60.4 Å². The standard InChI is InChI=1S/C14H23N3O2/c18-13-9-11(3-5-15-13)14(19)17-8-4-12(10-17)16-6-1-2-7-16/h11-12H,1-10H2,(H,15,18). The lowest BCUT2D eigenvalue weighted by atomic mass is 9.96. The first-order valence-corrected chi connectivity index (χ1v) is 7.53. The fourth-order valence-electron chi connectivity index (χ4n) is 3.60. The second kappa shape index (κ2) is 5.49. The second-order valence-corrected chi connectivity index (χ2v) is 6.01. The number of nitrogens with one attached hydrogen (secondary N) is 1. The maximum atomic E-state index is 12.4. The summed E-state index contributed by atoms with van der Waals surface area (Å²) in [6.07, 6.45) is 4.88. The molecule has 106 valence electrons. The second-order valence-electron chi connectivity index (χ2n) is 6.01. The van der Waals surface area contributed by atoms with E-state index >= 15 is 0 Å². The molecule has 0 radical (unpaired) electrons. The summed E-state index contributed by atoms with van der Waals surface area (Å²) in [7, 11) is 0. The number of amides is 2. The molecule has 3 rings (SSSR count). The summed E-state index contributed by atoms with van der Waals surface area (Å²) < 4.78 is 0. The van der Waals surface area contributed by atoms with Crippen molar-refractivity contribution >= 4 is 11.8 Å². The lowest BCUT2D eigenvalue weighted by Gasteiger charge is -2.27. The molecule has 0 saturated carbocycles. The van der Waals surface area contributed by atoms with Gasteiger partial charge in [-0.2, -0.15) is 0 Å². The molecule has 2 atom stereocenters. The molecule has 0 aliphatic carbocycles. The van der Waals surface area contributed by atoms with Gasteiger partial charge in [-0.15, -0.1) is 0 Å². The quantitative estimate of drug-likeness (QED) is 0.776. The van der Waals surface area contributed by atoms with Crippen LogP contribution >= 0.6 is 0 Å². The van der Waals surface area contributed by atoms with Crippen molar-refractivity contribution in [2.24, 2.45) is 5.92 Å². The van der Waals surface area contributed by atoms with Crippen molar-refractivity contribution in [3.8, 4) is 0 Å². The smallest absolute Gasteiger partial charge is 0.226 e. The number of hydrogen-bond donors (Lipinski definition) is 1. The minimum atomic E-state index is -0.0777. The monoisotopic (exact) mass is 265 g/mol. The van der Waals surface area contributed by atoms with Gasteiger partial charge in [-0.05, 0) is 38.8 Å². The molecule has 0 bridgehead atoms. The van der Waals surface area contributed by atoms with E-state index in [0.717, 1.165) is 25.9 Å². The van der Waals surface area contributed by atoms with E-state index in [1.807, 2.05) is 4.90 Å². The Morgan fingerprint density at radius 3 is 2.68 bits per heavy atom. The zero-order chi connectivity index (χ0) is 13.2. The summed E-state index contributed by atoms with van der Waals surface area (Å²) in [5.74, 6) is 0.155. The van der Waals surface area contributed by atoms with Gasteiger partial charge in [0.2, 0.25) is 11.8 Å². The molecule has 2 amide bonds. The molecule has 0 aromatic carbocycles. The van der Waals surface area contributed by atoms with Crippen LogP contribution in [0.5, 0.6) is 0 Å². The minimum Gasteiger partial charge on any atom is -0.356 e. The number of carbonyl (C=O) groups excluding carboxylic acids is 2. The third kappa shape index (κ3) is 2.76. The van der Waals surface area contributed by atoms with Crippen molar-refractivity contribution in [3.63, 3.8) is 0 Å². The first-order chi connectivity index (χ1) is 9.24. The van der Waals surface area contributed by atoms with E-state index in [2.05, 4.69) is 10.2 Å². The molecule has 5 heteroatoms. The number of carbonyl (C=O) groups is 2. The number of hydrogen-bond acceptors (Lipinski definition) is 3. The van der Waals surface area contributed by atoms with Crippen molar-refractivity contribution in [1.82, 2.24) is 15.1 Å². The van der Waals surface area contributed by atoms with Gasteiger partial charge in [0.15, 0.2) is 0 Å². The molecule has 3 aliphatic rings. The highest BCUT2D eigenvalue weighted by Gasteiger charge is 2.35. The van der Waals surface area contributed by atoms with E-state index < -0.39 is 0 Å². The van der Waals surface area contributed by atoms with Crippen molar-refractivity contribution in [2.75, 3.05) is 32.7 Å². The molecule has 3 heterocycles. The fraction of sp³-hybridized carbons (Fsp3) is 0.857. The number of nitrogens with zero attached hydrogens (tertiary/aromatic N) is 2. The molecule has 0 aromatic heterocycles. The Bertz CT molecular complexity index is 366. The van der Waals surface area contributed by atoms with Gasteiger partial charge in [0.05, 0.1) is 0 Å². The number of piperidine rings is 1. The topological polar surface area (TPSA) is 52.7 Å². The number of rotatable bonds is 2. The van der Waals surface area contributed by atoms with E-state index in [1.54, 1.807) is 0 Å². The summed E-state index contributed by atoms with van der Waals surface area (Å²) in [5.41, 5.74) is 0. The lowest BCUT2D eigenvalue weighted by molar-refractivity contribution is -0.139. The van der Waals surface area contributed by atoms with Gasteiger partial charge in [-0.25, -0.2) is 0 Å². The third-order valence-corrected chi connectivity index (χ3v) is 4.73. The summed E-state index contributed by atoms with van der Waals surface area (Å²) in [6.45, 7) is 4.78. The normalized spacial score (nSPS) is 32.6.